The van der Waals surface area contributed by atoms with E-state index in [4.69, 9.17) is 12.2 Å². The molecule has 3 aromatic rings. The largest absolute Gasteiger partial charge is 0.348 e. The van der Waals surface area contributed by atoms with E-state index in [0.717, 1.165) is 16.7 Å². The summed E-state index contributed by atoms with van der Waals surface area (Å²) in [6, 6.07) is 11.6. The normalized spacial score (nSPS) is 11.9. The topological polar surface area (TPSA) is 75.6 Å². The summed E-state index contributed by atoms with van der Waals surface area (Å²) >= 11 is 5.28. The van der Waals surface area contributed by atoms with Crippen molar-refractivity contribution in [3.05, 3.63) is 64.7 Å². The summed E-state index contributed by atoms with van der Waals surface area (Å²) in [5.74, 6) is 0.520. The molecule has 7 heteroatoms. The van der Waals surface area contributed by atoms with Crippen LogP contribution in [0.25, 0.3) is 11.4 Å². The Labute approximate surface area is 150 Å². The van der Waals surface area contributed by atoms with Gasteiger partial charge in [0.25, 0.3) is 0 Å². The number of aromatic amines is 1. The van der Waals surface area contributed by atoms with Gasteiger partial charge in [-0.25, -0.2) is 0 Å². The summed E-state index contributed by atoms with van der Waals surface area (Å²) in [6.07, 6.45) is 3.42. The van der Waals surface area contributed by atoms with E-state index in [1.807, 2.05) is 50.2 Å². The average molecular weight is 353 g/mol. The molecule has 0 bridgehead atoms. The van der Waals surface area contributed by atoms with Crippen LogP contribution in [0.15, 0.2) is 48.8 Å². The molecule has 0 saturated carbocycles. The highest BCUT2D eigenvalue weighted by Crippen LogP contribution is 2.18. The van der Waals surface area contributed by atoms with Gasteiger partial charge < -0.3 is 5.32 Å². The predicted molar refractivity (Wildman–Crippen MR) is 98.4 cm³/mol. The second-order valence-corrected chi connectivity index (χ2v) is 6.26. The van der Waals surface area contributed by atoms with E-state index in [9.17, 15) is 4.79 Å². The van der Waals surface area contributed by atoms with Gasteiger partial charge in [0, 0.05) is 18.0 Å². The highest BCUT2D eigenvalue weighted by molar-refractivity contribution is 7.71. The fraction of sp³-hybridized carbons (Fsp3) is 0.222. The van der Waals surface area contributed by atoms with Crippen LogP contribution in [0.2, 0.25) is 0 Å². The molecule has 6 nitrogen and oxygen atoms in total. The Kier molecular flexibility index (Phi) is 5.04. The maximum atomic E-state index is 12.4. The molecule has 0 radical (unpaired) electrons. The Morgan fingerprint density at radius 1 is 1.24 bits per heavy atom. The van der Waals surface area contributed by atoms with Crippen LogP contribution < -0.4 is 5.32 Å². The monoisotopic (exact) mass is 353 g/mol. The first-order valence-electron chi connectivity index (χ1n) is 7.96. The highest BCUT2D eigenvalue weighted by Gasteiger charge is 2.14. The van der Waals surface area contributed by atoms with Gasteiger partial charge >= 0.3 is 0 Å². The molecule has 0 aliphatic carbocycles. The van der Waals surface area contributed by atoms with Crippen LogP contribution in [-0.2, 0) is 11.3 Å². The number of hydrogen-bond acceptors (Lipinski definition) is 4. The smallest absolute Gasteiger partial charge is 0.240 e. The maximum absolute atomic E-state index is 12.4. The van der Waals surface area contributed by atoms with Gasteiger partial charge in [0.2, 0.25) is 5.91 Å². The Morgan fingerprint density at radius 2 is 1.92 bits per heavy atom. The first-order chi connectivity index (χ1) is 12.0. The van der Waals surface area contributed by atoms with Crippen molar-refractivity contribution in [3.8, 4) is 11.4 Å². The van der Waals surface area contributed by atoms with E-state index in [2.05, 4.69) is 20.5 Å². The van der Waals surface area contributed by atoms with Gasteiger partial charge in [-0.3, -0.25) is 19.4 Å². The molecule has 25 heavy (non-hydrogen) atoms. The lowest BCUT2D eigenvalue weighted by Gasteiger charge is -2.15. The van der Waals surface area contributed by atoms with Gasteiger partial charge in [0.1, 0.15) is 6.54 Å². The molecule has 2 aromatic heterocycles. The third kappa shape index (κ3) is 4.00. The van der Waals surface area contributed by atoms with Crippen molar-refractivity contribution in [2.75, 3.05) is 0 Å². The molecule has 3 rings (SSSR count). The van der Waals surface area contributed by atoms with E-state index in [0.29, 0.717) is 10.6 Å². The van der Waals surface area contributed by atoms with E-state index in [1.165, 1.54) is 0 Å². The van der Waals surface area contributed by atoms with Crippen molar-refractivity contribution in [1.29, 1.82) is 0 Å². The summed E-state index contributed by atoms with van der Waals surface area (Å²) in [7, 11) is 0. The van der Waals surface area contributed by atoms with Crippen molar-refractivity contribution in [2.45, 2.75) is 26.4 Å². The van der Waals surface area contributed by atoms with Crippen molar-refractivity contribution in [3.63, 3.8) is 0 Å². The second kappa shape index (κ2) is 7.40. The first-order valence-corrected chi connectivity index (χ1v) is 8.37. The lowest BCUT2D eigenvalue weighted by Crippen LogP contribution is -2.30. The lowest BCUT2D eigenvalue weighted by molar-refractivity contribution is -0.122. The number of carbonyl (C=O) groups excluding carboxylic acids is 1. The third-order valence-corrected chi connectivity index (χ3v) is 4.27. The van der Waals surface area contributed by atoms with Crippen molar-refractivity contribution in [2.24, 2.45) is 0 Å². The zero-order valence-corrected chi connectivity index (χ0v) is 14.9. The Balaban J connectivity index is 1.77. The lowest BCUT2D eigenvalue weighted by atomic mass is 10.1. The van der Waals surface area contributed by atoms with Crippen LogP contribution in [0, 0.1) is 11.7 Å². The molecule has 2 heterocycles. The molecule has 2 N–H and O–H groups in total. The van der Waals surface area contributed by atoms with E-state index >= 15 is 0 Å². The van der Waals surface area contributed by atoms with Gasteiger partial charge in [-0.15, -0.1) is 0 Å². The number of benzene rings is 1. The highest BCUT2D eigenvalue weighted by atomic mass is 32.1. The van der Waals surface area contributed by atoms with Crippen molar-refractivity contribution >= 4 is 18.1 Å². The fourth-order valence-electron chi connectivity index (χ4n) is 2.55. The van der Waals surface area contributed by atoms with Crippen LogP contribution >= 0.6 is 12.2 Å². The summed E-state index contributed by atoms with van der Waals surface area (Å²) in [5, 5.41) is 10.0. The number of H-pyrrole nitrogens is 1. The predicted octanol–water partition coefficient (Wildman–Crippen LogP) is 3.19. The van der Waals surface area contributed by atoms with Crippen LogP contribution in [0.3, 0.4) is 0 Å². The molecule has 0 spiro atoms. The average Bonchev–Trinajstić information content (AvgIpc) is 2.97. The van der Waals surface area contributed by atoms with Gasteiger partial charge in [0.05, 0.1) is 6.04 Å². The molecular formula is C18H19N5OS. The number of aryl methyl sites for hydroxylation is 1. The van der Waals surface area contributed by atoms with Crippen molar-refractivity contribution in [1.82, 2.24) is 25.1 Å². The number of amides is 1. The van der Waals surface area contributed by atoms with Gasteiger partial charge in [-0.2, -0.15) is 5.10 Å². The molecule has 0 aliphatic heterocycles. The molecule has 0 fully saturated rings. The molecule has 1 aromatic carbocycles. The summed E-state index contributed by atoms with van der Waals surface area (Å²) in [6.45, 7) is 4.06. The Morgan fingerprint density at radius 3 is 2.60 bits per heavy atom. The standard InChI is InChI=1S/C18H19N5OS/c1-12-3-5-15(6-4-12)17-21-22-18(25)23(17)11-16(24)20-13(2)14-7-9-19-10-8-14/h3-10,13H,11H2,1-2H3,(H,20,24)(H,22,25). The number of nitrogens with zero attached hydrogens (tertiary/aromatic N) is 3. The van der Waals surface area contributed by atoms with E-state index in [-0.39, 0.29) is 18.5 Å². The van der Waals surface area contributed by atoms with E-state index < -0.39 is 0 Å². The Bertz CT molecular complexity index is 915. The SMILES string of the molecule is Cc1ccc(-c2n[nH]c(=S)n2CC(=O)NC(C)c2ccncc2)cc1. The fourth-order valence-corrected chi connectivity index (χ4v) is 2.75. The van der Waals surface area contributed by atoms with Crippen molar-refractivity contribution < 1.29 is 4.79 Å². The van der Waals surface area contributed by atoms with Crippen LogP contribution in [0.1, 0.15) is 24.1 Å². The number of hydrogen-bond donors (Lipinski definition) is 2. The van der Waals surface area contributed by atoms with Gasteiger partial charge in [-0.05, 0) is 43.8 Å². The first kappa shape index (κ1) is 17.0. The molecule has 1 atom stereocenters. The maximum Gasteiger partial charge on any atom is 0.240 e. The molecule has 0 aliphatic rings. The summed E-state index contributed by atoms with van der Waals surface area (Å²) < 4.78 is 2.12. The second-order valence-electron chi connectivity index (χ2n) is 5.87. The molecule has 1 unspecified atom stereocenters. The molecule has 1 amide bonds. The minimum absolute atomic E-state index is 0.105. The van der Waals surface area contributed by atoms with Gasteiger partial charge in [0.15, 0.2) is 10.6 Å². The van der Waals surface area contributed by atoms with Crippen LogP contribution in [0.4, 0.5) is 0 Å². The van der Waals surface area contributed by atoms with Gasteiger partial charge in [-0.1, -0.05) is 29.8 Å². The van der Waals surface area contributed by atoms with Crippen LogP contribution in [-0.4, -0.2) is 25.7 Å². The minimum Gasteiger partial charge on any atom is -0.348 e. The summed E-state index contributed by atoms with van der Waals surface area (Å²) in [5.41, 5.74) is 3.07. The number of rotatable bonds is 5. The molecule has 0 saturated heterocycles. The number of pyridine rings is 1. The van der Waals surface area contributed by atoms with E-state index in [1.54, 1.807) is 17.0 Å². The number of aromatic nitrogens is 4. The Hall–Kier alpha value is -2.80. The third-order valence-electron chi connectivity index (χ3n) is 3.95. The molecular weight excluding hydrogens is 334 g/mol. The zero-order chi connectivity index (χ0) is 17.8. The van der Waals surface area contributed by atoms with Crippen LogP contribution in [0.5, 0.6) is 0 Å². The molecule has 128 valence electrons. The summed E-state index contributed by atoms with van der Waals surface area (Å²) in [4.78, 5) is 16.4. The quantitative estimate of drug-likeness (QED) is 0.691. The zero-order valence-electron chi connectivity index (χ0n) is 14.1. The number of carbonyl (C=O) groups is 1. The minimum atomic E-state index is -0.129. The number of nitrogens with one attached hydrogen (secondary N) is 2.